The molecule has 5 heteroatoms. The first kappa shape index (κ1) is 11.3. The molecule has 0 aliphatic heterocycles. The van der Waals surface area contributed by atoms with Crippen molar-refractivity contribution in [3.05, 3.63) is 42.0 Å². The Morgan fingerprint density at radius 3 is 2.82 bits per heavy atom. The van der Waals surface area contributed by atoms with Crippen molar-refractivity contribution in [3.8, 4) is 0 Å². The van der Waals surface area contributed by atoms with E-state index >= 15 is 0 Å². The number of anilines is 1. The number of rotatable bonds is 4. The normalized spacial score (nSPS) is 10.2. The molecule has 0 saturated heterocycles. The number of nitrogens with zero attached hydrogens (tertiary/aromatic N) is 4. The van der Waals surface area contributed by atoms with Crippen LogP contribution in [0.2, 0.25) is 0 Å². The number of hydrogen-bond acceptors (Lipinski definition) is 4. The van der Waals surface area contributed by atoms with E-state index in [0.29, 0.717) is 12.1 Å². The Hall–Kier alpha value is -2.17. The fourth-order valence-corrected chi connectivity index (χ4v) is 1.68. The van der Waals surface area contributed by atoms with Crippen LogP contribution in [0, 0.1) is 0 Å². The number of aromatic nitrogens is 3. The summed E-state index contributed by atoms with van der Waals surface area (Å²) in [6.07, 6.45) is 2.53. The van der Waals surface area contributed by atoms with E-state index in [0.717, 1.165) is 17.8 Å². The van der Waals surface area contributed by atoms with E-state index in [2.05, 4.69) is 10.2 Å². The molecule has 0 saturated carbocycles. The van der Waals surface area contributed by atoms with Crippen LogP contribution in [0.1, 0.15) is 16.2 Å². The number of hydrogen-bond donors (Lipinski definition) is 0. The van der Waals surface area contributed by atoms with Gasteiger partial charge in [-0.1, -0.05) is 12.1 Å². The summed E-state index contributed by atoms with van der Waals surface area (Å²) in [4.78, 5) is 12.9. The molecular weight excluding hydrogens is 216 g/mol. The predicted octanol–water partition coefficient (Wildman–Crippen LogP) is 1.26. The third-order valence-electron chi connectivity index (χ3n) is 2.66. The van der Waals surface area contributed by atoms with Crippen molar-refractivity contribution in [1.29, 1.82) is 0 Å². The number of benzene rings is 1. The van der Waals surface area contributed by atoms with Gasteiger partial charge < -0.3 is 9.47 Å². The summed E-state index contributed by atoms with van der Waals surface area (Å²) >= 11 is 0. The summed E-state index contributed by atoms with van der Waals surface area (Å²) in [6.45, 7) is 0.612. The van der Waals surface area contributed by atoms with Gasteiger partial charge in [-0.3, -0.25) is 4.79 Å². The predicted molar refractivity (Wildman–Crippen MR) is 64.9 cm³/mol. The minimum Gasteiger partial charge on any atom is -0.366 e. The molecule has 17 heavy (non-hydrogen) atoms. The summed E-state index contributed by atoms with van der Waals surface area (Å²) in [5.41, 5.74) is 1.57. The Morgan fingerprint density at radius 1 is 1.41 bits per heavy atom. The fourth-order valence-electron chi connectivity index (χ4n) is 1.68. The van der Waals surface area contributed by atoms with Gasteiger partial charge in [0, 0.05) is 25.3 Å². The summed E-state index contributed by atoms with van der Waals surface area (Å²) in [5.74, 6) is 0.855. The number of para-hydroxylation sites is 1. The summed E-state index contributed by atoms with van der Waals surface area (Å²) in [5, 5.41) is 7.85. The molecule has 0 atom stereocenters. The van der Waals surface area contributed by atoms with Crippen molar-refractivity contribution in [2.24, 2.45) is 7.05 Å². The van der Waals surface area contributed by atoms with Gasteiger partial charge in [-0.15, -0.1) is 10.2 Å². The zero-order valence-electron chi connectivity index (χ0n) is 9.87. The van der Waals surface area contributed by atoms with Gasteiger partial charge in [-0.2, -0.15) is 0 Å². The lowest BCUT2D eigenvalue weighted by molar-refractivity contribution is 0.112. The first-order valence-corrected chi connectivity index (χ1v) is 5.30. The molecular formula is C12H14N4O. The van der Waals surface area contributed by atoms with Crippen LogP contribution in [0.25, 0.3) is 0 Å². The number of carbonyl (C=O) groups is 1. The first-order valence-electron chi connectivity index (χ1n) is 5.30. The summed E-state index contributed by atoms with van der Waals surface area (Å²) in [7, 11) is 3.83. The van der Waals surface area contributed by atoms with Crippen molar-refractivity contribution in [1.82, 2.24) is 14.8 Å². The van der Waals surface area contributed by atoms with Crippen LogP contribution < -0.4 is 4.90 Å². The second-order valence-electron chi connectivity index (χ2n) is 3.89. The number of aryl methyl sites for hydroxylation is 1. The average Bonchev–Trinajstić information content (AvgIpc) is 2.75. The maximum atomic E-state index is 10.9. The second kappa shape index (κ2) is 4.78. The highest BCUT2D eigenvalue weighted by Gasteiger charge is 2.09. The molecule has 0 aliphatic carbocycles. The van der Waals surface area contributed by atoms with Gasteiger partial charge in [0.05, 0.1) is 6.54 Å². The average molecular weight is 230 g/mol. The van der Waals surface area contributed by atoms with E-state index in [1.807, 2.05) is 41.8 Å². The smallest absolute Gasteiger partial charge is 0.152 e. The van der Waals surface area contributed by atoms with Crippen LogP contribution in [-0.2, 0) is 13.6 Å². The summed E-state index contributed by atoms with van der Waals surface area (Å²) < 4.78 is 1.86. The Labute approximate surface area is 99.7 Å². The van der Waals surface area contributed by atoms with Gasteiger partial charge >= 0.3 is 0 Å². The zero-order valence-corrected chi connectivity index (χ0v) is 9.87. The molecule has 88 valence electrons. The van der Waals surface area contributed by atoms with Gasteiger partial charge in [-0.05, 0) is 12.1 Å². The molecule has 0 unspecified atom stereocenters. The van der Waals surface area contributed by atoms with Gasteiger partial charge in [0.15, 0.2) is 12.1 Å². The number of carbonyl (C=O) groups excluding carboxylic acids is 1. The maximum absolute atomic E-state index is 10.9. The standard InChI is InChI=1S/C12H14N4O/c1-15(7-12-14-13-9-16(12)2)11-6-4-3-5-10(11)8-17/h3-6,8-9H,7H2,1-2H3. The van der Waals surface area contributed by atoms with Crippen LogP contribution >= 0.6 is 0 Å². The van der Waals surface area contributed by atoms with Crippen molar-refractivity contribution >= 4 is 12.0 Å². The van der Waals surface area contributed by atoms with Gasteiger partial charge in [0.1, 0.15) is 6.33 Å². The van der Waals surface area contributed by atoms with E-state index in [1.165, 1.54) is 0 Å². The molecule has 0 N–H and O–H groups in total. The third-order valence-corrected chi connectivity index (χ3v) is 2.66. The maximum Gasteiger partial charge on any atom is 0.152 e. The highest BCUT2D eigenvalue weighted by molar-refractivity contribution is 5.84. The Balaban J connectivity index is 2.23. The van der Waals surface area contributed by atoms with Gasteiger partial charge in [0.25, 0.3) is 0 Å². The Kier molecular flexibility index (Phi) is 3.18. The molecule has 0 fully saturated rings. The van der Waals surface area contributed by atoms with E-state index in [-0.39, 0.29) is 0 Å². The van der Waals surface area contributed by atoms with E-state index in [1.54, 1.807) is 12.4 Å². The molecule has 1 heterocycles. The van der Waals surface area contributed by atoms with Crippen LogP contribution in [0.5, 0.6) is 0 Å². The zero-order chi connectivity index (χ0) is 12.3. The lowest BCUT2D eigenvalue weighted by atomic mass is 10.2. The monoisotopic (exact) mass is 230 g/mol. The minimum atomic E-state index is 0.612. The van der Waals surface area contributed by atoms with Crippen molar-refractivity contribution in [3.63, 3.8) is 0 Å². The van der Waals surface area contributed by atoms with E-state index in [4.69, 9.17) is 0 Å². The van der Waals surface area contributed by atoms with Crippen molar-refractivity contribution < 1.29 is 4.79 Å². The molecule has 0 spiro atoms. The SMILES string of the molecule is CN(Cc1nncn1C)c1ccccc1C=O. The second-order valence-corrected chi connectivity index (χ2v) is 3.89. The molecule has 1 aromatic heterocycles. The minimum absolute atomic E-state index is 0.612. The fraction of sp³-hybridized carbons (Fsp3) is 0.250. The highest BCUT2D eigenvalue weighted by Crippen LogP contribution is 2.18. The highest BCUT2D eigenvalue weighted by atomic mass is 16.1. The van der Waals surface area contributed by atoms with Crippen LogP contribution in [0.15, 0.2) is 30.6 Å². The van der Waals surface area contributed by atoms with Gasteiger partial charge in [-0.25, -0.2) is 0 Å². The van der Waals surface area contributed by atoms with Crippen LogP contribution in [0.4, 0.5) is 5.69 Å². The van der Waals surface area contributed by atoms with E-state index in [9.17, 15) is 4.79 Å². The molecule has 2 rings (SSSR count). The molecule has 2 aromatic rings. The number of aldehydes is 1. The van der Waals surface area contributed by atoms with Crippen molar-refractivity contribution in [2.75, 3.05) is 11.9 Å². The van der Waals surface area contributed by atoms with Crippen LogP contribution in [0.3, 0.4) is 0 Å². The Morgan fingerprint density at radius 2 is 2.18 bits per heavy atom. The molecule has 5 nitrogen and oxygen atoms in total. The topological polar surface area (TPSA) is 51.0 Å². The lowest BCUT2D eigenvalue weighted by Crippen LogP contribution is -2.20. The molecule has 0 amide bonds. The van der Waals surface area contributed by atoms with Gasteiger partial charge in [0.2, 0.25) is 0 Å². The summed E-state index contributed by atoms with van der Waals surface area (Å²) in [6, 6.07) is 7.48. The van der Waals surface area contributed by atoms with Crippen molar-refractivity contribution in [2.45, 2.75) is 6.54 Å². The first-order chi connectivity index (χ1) is 8.22. The lowest BCUT2D eigenvalue weighted by Gasteiger charge is -2.20. The van der Waals surface area contributed by atoms with Crippen LogP contribution in [-0.4, -0.2) is 28.1 Å². The molecule has 0 aliphatic rings. The van der Waals surface area contributed by atoms with E-state index < -0.39 is 0 Å². The quantitative estimate of drug-likeness (QED) is 0.742. The molecule has 1 aromatic carbocycles. The molecule has 0 bridgehead atoms. The largest absolute Gasteiger partial charge is 0.366 e. The third kappa shape index (κ3) is 2.33. The molecule has 0 radical (unpaired) electrons. The Bertz CT molecular complexity index is 521.